The number of unbranched alkanes of at least 4 members (excludes halogenated alkanes) is 11. The molecule has 5 N–H and O–H groups in total. The molecule has 0 aromatic carbocycles. The minimum Gasteiger partial charge on any atom is -0.391 e. The molecule has 0 radical (unpaired) electrons. The van der Waals surface area contributed by atoms with Gasteiger partial charge in [-0.25, -0.2) is 4.57 Å². The summed E-state index contributed by atoms with van der Waals surface area (Å²) in [5, 5.41) is 13.6. The van der Waals surface area contributed by atoms with E-state index in [2.05, 4.69) is 67.8 Å². The summed E-state index contributed by atoms with van der Waals surface area (Å²) in [6.07, 6.45) is 35.5. The molecule has 44 heavy (non-hydrogen) atoms. The maximum Gasteiger partial charge on any atom is 0.472 e. The van der Waals surface area contributed by atoms with Crippen LogP contribution in [0.2, 0.25) is 0 Å². The van der Waals surface area contributed by atoms with Gasteiger partial charge in [0.2, 0.25) is 5.91 Å². The van der Waals surface area contributed by atoms with E-state index >= 15 is 0 Å². The van der Waals surface area contributed by atoms with Crippen molar-refractivity contribution in [1.82, 2.24) is 5.32 Å². The number of rotatable bonds is 31. The number of phosphoric ester groups is 1. The maximum atomic E-state index is 12.6. The van der Waals surface area contributed by atoms with Crippen molar-refractivity contribution in [1.29, 1.82) is 0 Å². The average molecular weight is 641 g/mol. The summed E-state index contributed by atoms with van der Waals surface area (Å²) < 4.78 is 22.0. The van der Waals surface area contributed by atoms with Crippen molar-refractivity contribution in [3.05, 3.63) is 48.6 Å². The van der Waals surface area contributed by atoms with Gasteiger partial charge in [-0.1, -0.05) is 127 Å². The summed E-state index contributed by atoms with van der Waals surface area (Å²) in [5.41, 5.74) is 5.34. The molecule has 0 fully saturated rings. The highest BCUT2D eigenvalue weighted by Gasteiger charge is 2.27. The number of aliphatic hydroxyl groups excluding tert-OH is 1. The number of aliphatic hydroxyl groups is 1. The number of amides is 1. The molecular formula is C35H65N2O6P. The fraction of sp³-hybridized carbons (Fsp3) is 0.743. The van der Waals surface area contributed by atoms with E-state index in [1.807, 2.05) is 0 Å². The first-order valence-corrected chi connectivity index (χ1v) is 18.7. The van der Waals surface area contributed by atoms with E-state index in [0.29, 0.717) is 12.8 Å². The van der Waals surface area contributed by atoms with Crippen molar-refractivity contribution in [3.63, 3.8) is 0 Å². The molecule has 0 bridgehead atoms. The van der Waals surface area contributed by atoms with Crippen molar-refractivity contribution < 1.29 is 28.4 Å². The van der Waals surface area contributed by atoms with Gasteiger partial charge in [0, 0.05) is 13.0 Å². The monoisotopic (exact) mass is 640 g/mol. The van der Waals surface area contributed by atoms with E-state index in [1.54, 1.807) is 0 Å². The van der Waals surface area contributed by atoms with Gasteiger partial charge in [0.1, 0.15) is 0 Å². The second kappa shape index (κ2) is 31.4. The second-order valence-electron chi connectivity index (χ2n) is 11.3. The maximum absolute atomic E-state index is 12.6. The van der Waals surface area contributed by atoms with E-state index < -0.39 is 20.0 Å². The number of nitrogens with two attached hydrogens (primary N) is 1. The minimum atomic E-state index is -4.31. The van der Waals surface area contributed by atoms with Gasteiger partial charge in [-0.15, -0.1) is 0 Å². The third-order valence-corrected chi connectivity index (χ3v) is 8.18. The minimum absolute atomic E-state index is 0.0819. The molecule has 0 aromatic heterocycles. The zero-order chi connectivity index (χ0) is 32.6. The molecule has 0 rings (SSSR count). The van der Waals surface area contributed by atoms with E-state index in [1.165, 1.54) is 32.1 Å². The zero-order valence-corrected chi connectivity index (χ0v) is 28.8. The first-order valence-electron chi connectivity index (χ1n) is 17.3. The fourth-order valence-electron chi connectivity index (χ4n) is 4.60. The normalized spacial score (nSPS) is 15.1. The lowest BCUT2D eigenvalue weighted by molar-refractivity contribution is -0.123. The van der Waals surface area contributed by atoms with Crippen LogP contribution in [0.5, 0.6) is 0 Å². The predicted molar refractivity (Wildman–Crippen MR) is 184 cm³/mol. The topological polar surface area (TPSA) is 131 Å². The standard InChI is InChI=1S/C35H65N2O6P/c1-3-5-7-9-11-13-14-15-16-17-18-19-20-21-23-25-27-29-35(39)37-33(32-43-44(40,41)42-31-30-36)34(38)28-26-24-22-12-10-8-6-4-2/h5,7,11,13,15-16,18-19,33-34,38H,3-4,6,8-10,12,14,17,20-32,36H2,1-2H3,(H,37,39)(H,40,41)/b7-5-,13-11-,16-15-,19-18-. The second-order valence-corrected chi connectivity index (χ2v) is 12.8. The first-order chi connectivity index (χ1) is 21.4. The third-order valence-electron chi connectivity index (χ3n) is 7.20. The summed E-state index contributed by atoms with van der Waals surface area (Å²) in [5.74, 6) is -0.192. The van der Waals surface area contributed by atoms with E-state index in [-0.39, 0.29) is 25.7 Å². The number of hydrogen-bond donors (Lipinski definition) is 4. The molecule has 3 unspecified atom stereocenters. The molecule has 0 aliphatic carbocycles. The lowest BCUT2D eigenvalue weighted by Crippen LogP contribution is -2.46. The Kier molecular flexibility index (Phi) is 30.3. The van der Waals surface area contributed by atoms with Crippen LogP contribution in [-0.2, 0) is 18.4 Å². The highest BCUT2D eigenvalue weighted by molar-refractivity contribution is 7.47. The number of carbonyl (C=O) groups is 1. The van der Waals surface area contributed by atoms with Gasteiger partial charge in [0.15, 0.2) is 0 Å². The van der Waals surface area contributed by atoms with Crippen LogP contribution in [-0.4, -0.2) is 47.8 Å². The smallest absolute Gasteiger partial charge is 0.391 e. The van der Waals surface area contributed by atoms with Crippen molar-refractivity contribution in [2.24, 2.45) is 5.73 Å². The molecule has 0 aliphatic rings. The molecule has 0 aromatic rings. The van der Waals surface area contributed by atoms with E-state index in [0.717, 1.165) is 77.0 Å². The van der Waals surface area contributed by atoms with Gasteiger partial charge in [-0.3, -0.25) is 13.8 Å². The molecular weight excluding hydrogens is 575 g/mol. The van der Waals surface area contributed by atoms with Crippen LogP contribution in [0.1, 0.15) is 136 Å². The predicted octanol–water partition coefficient (Wildman–Crippen LogP) is 8.60. The van der Waals surface area contributed by atoms with Crippen LogP contribution in [0.3, 0.4) is 0 Å². The van der Waals surface area contributed by atoms with Crippen LogP contribution in [0.15, 0.2) is 48.6 Å². The summed E-state index contributed by atoms with van der Waals surface area (Å²) in [6, 6.07) is -0.785. The summed E-state index contributed by atoms with van der Waals surface area (Å²) in [7, 11) is -4.31. The Labute approximate surface area is 269 Å². The van der Waals surface area contributed by atoms with Crippen molar-refractivity contribution >= 4 is 13.7 Å². The Morgan fingerprint density at radius 2 is 1.32 bits per heavy atom. The largest absolute Gasteiger partial charge is 0.472 e. The summed E-state index contributed by atoms with van der Waals surface area (Å²) >= 11 is 0. The molecule has 0 saturated carbocycles. The van der Waals surface area contributed by atoms with Gasteiger partial charge in [-0.2, -0.15) is 0 Å². The van der Waals surface area contributed by atoms with Crippen molar-refractivity contribution in [2.45, 2.75) is 148 Å². The number of hydrogen-bond acceptors (Lipinski definition) is 6. The Morgan fingerprint density at radius 1 is 0.773 bits per heavy atom. The van der Waals surface area contributed by atoms with Crippen LogP contribution < -0.4 is 11.1 Å². The highest BCUT2D eigenvalue weighted by atomic mass is 31.2. The molecule has 9 heteroatoms. The van der Waals surface area contributed by atoms with Crippen molar-refractivity contribution in [2.75, 3.05) is 19.8 Å². The Bertz CT molecular complexity index is 830. The zero-order valence-electron chi connectivity index (χ0n) is 27.9. The average Bonchev–Trinajstić information content (AvgIpc) is 3.01. The van der Waals surface area contributed by atoms with Gasteiger partial charge >= 0.3 is 7.82 Å². The summed E-state index contributed by atoms with van der Waals surface area (Å²) in [4.78, 5) is 22.5. The fourth-order valence-corrected chi connectivity index (χ4v) is 5.35. The first kappa shape index (κ1) is 42.5. The summed E-state index contributed by atoms with van der Waals surface area (Å²) in [6.45, 7) is 4.00. The molecule has 1 amide bonds. The quantitative estimate of drug-likeness (QED) is 0.0339. The molecule has 0 spiro atoms. The molecule has 256 valence electrons. The van der Waals surface area contributed by atoms with Gasteiger partial charge in [0.05, 0.1) is 25.4 Å². The molecule has 8 nitrogen and oxygen atoms in total. The Hall–Kier alpha value is -1.54. The number of allylic oxidation sites excluding steroid dienone is 8. The van der Waals surface area contributed by atoms with Crippen molar-refractivity contribution in [3.8, 4) is 0 Å². The third kappa shape index (κ3) is 29.2. The molecule has 0 aliphatic heterocycles. The van der Waals surface area contributed by atoms with Crippen LogP contribution in [0.25, 0.3) is 0 Å². The number of phosphoric acid groups is 1. The van der Waals surface area contributed by atoms with Gasteiger partial charge in [-0.05, 0) is 51.4 Å². The van der Waals surface area contributed by atoms with Crippen LogP contribution >= 0.6 is 7.82 Å². The van der Waals surface area contributed by atoms with E-state index in [9.17, 15) is 19.4 Å². The number of carbonyl (C=O) groups excluding carboxylic acids is 1. The molecule has 0 heterocycles. The SMILES string of the molecule is CC/C=C\C/C=C\C/C=C\C/C=C\CCCCCCC(=O)NC(COP(=O)(O)OCCN)C(O)CCCCCCCCCC. The van der Waals surface area contributed by atoms with E-state index in [4.69, 9.17) is 14.8 Å². The molecule has 0 saturated heterocycles. The van der Waals surface area contributed by atoms with Gasteiger partial charge < -0.3 is 21.1 Å². The number of nitrogens with one attached hydrogen (secondary N) is 1. The van der Waals surface area contributed by atoms with Crippen LogP contribution in [0, 0.1) is 0 Å². The lowest BCUT2D eigenvalue weighted by atomic mass is 10.0. The Balaban J connectivity index is 4.30. The van der Waals surface area contributed by atoms with Crippen LogP contribution in [0.4, 0.5) is 0 Å². The van der Waals surface area contributed by atoms with Gasteiger partial charge in [0.25, 0.3) is 0 Å². The molecule has 3 atom stereocenters. The Morgan fingerprint density at radius 3 is 1.93 bits per heavy atom. The lowest BCUT2D eigenvalue weighted by Gasteiger charge is -2.25. The highest BCUT2D eigenvalue weighted by Crippen LogP contribution is 2.43.